The van der Waals surface area contributed by atoms with Gasteiger partial charge in [0.1, 0.15) is 0 Å². The minimum atomic E-state index is 0.340. The quantitative estimate of drug-likeness (QED) is 0.475. The second-order valence-electron chi connectivity index (χ2n) is 6.96. The highest BCUT2D eigenvalue weighted by Gasteiger charge is 2.22. The van der Waals surface area contributed by atoms with E-state index in [2.05, 4.69) is 38.1 Å². The Hall–Kier alpha value is -0.820. The maximum atomic E-state index is 6.09. The Balaban J connectivity index is 1.72. The second-order valence-corrected chi connectivity index (χ2v) is 6.96. The van der Waals surface area contributed by atoms with Crippen LogP contribution in [0.5, 0.6) is 0 Å². The second kappa shape index (κ2) is 10.0. The Labute approximate surface area is 137 Å². The zero-order valence-corrected chi connectivity index (χ0v) is 14.7. The number of benzene rings is 1. The van der Waals surface area contributed by atoms with Crippen molar-refractivity contribution < 1.29 is 4.74 Å². The van der Waals surface area contributed by atoms with Gasteiger partial charge in [0.05, 0.1) is 12.7 Å². The SMILES string of the molecule is CCCCCCCc1ccc(C2CCC(CCC)CO2)cc1. The van der Waals surface area contributed by atoms with E-state index in [-0.39, 0.29) is 0 Å². The van der Waals surface area contributed by atoms with Crippen molar-refractivity contribution in [1.29, 1.82) is 0 Å². The van der Waals surface area contributed by atoms with Crippen LogP contribution < -0.4 is 0 Å². The van der Waals surface area contributed by atoms with E-state index in [1.807, 2.05) is 0 Å². The molecule has 0 saturated carbocycles. The van der Waals surface area contributed by atoms with Crippen molar-refractivity contribution in [3.8, 4) is 0 Å². The summed E-state index contributed by atoms with van der Waals surface area (Å²) in [7, 11) is 0. The average Bonchev–Trinajstić information content (AvgIpc) is 2.56. The lowest BCUT2D eigenvalue weighted by molar-refractivity contribution is -0.0194. The van der Waals surface area contributed by atoms with Gasteiger partial charge in [-0.15, -0.1) is 0 Å². The first-order valence-corrected chi connectivity index (χ1v) is 9.54. The first kappa shape index (κ1) is 17.5. The standard InChI is InChI=1S/C21H34O/c1-3-5-6-7-8-10-18-11-14-20(15-12-18)21-16-13-19(9-4-2)17-22-21/h11-12,14-15,19,21H,3-10,13,16-17H2,1-2H3. The largest absolute Gasteiger partial charge is 0.373 e. The maximum absolute atomic E-state index is 6.09. The molecule has 1 fully saturated rings. The molecule has 0 aromatic heterocycles. The van der Waals surface area contributed by atoms with E-state index in [9.17, 15) is 0 Å². The van der Waals surface area contributed by atoms with Gasteiger partial charge in [0.15, 0.2) is 0 Å². The summed E-state index contributed by atoms with van der Waals surface area (Å²) < 4.78 is 6.09. The molecule has 1 heteroatoms. The molecule has 0 N–H and O–H groups in total. The van der Waals surface area contributed by atoms with Crippen molar-refractivity contribution in [2.75, 3.05) is 6.61 Å². The molecule has 1 heterocycles. The molecule has 1 aliphatic heterocycles. The predicted octanol–water partition coefficient (Wildman–Crippen LogP) is 6.47. The zero-order valence-electron chi connectivity index (χ0n) is 14.7. The summed E-state index contributed by atoms with van der Waals surface area (Å²) in [6.45, 7) is 5.50. The van der Waals surface area contributed by atoms with Gasteiger partial charge in [-0.25, -0.2) is 0 Å². The molecule has 1 aliphatic rings. The molecule has 1 aromatic rings. The van der Waals surface area contributed by atoms with Crippen molar-refractivity contribution in [3.05, 3.63) is 35.4 Å². The zero-order chi connectivity index (χ0) is 15.6. The molecule has 0 spiro atoms. The van der Waals surface area contributed by atoms with E-state index >= 15 is 0 Å². The number of rotatable bonds is 9. The van der Waals surface area contributed by atoms with Crippen molar-refractivity contribution in [2.24, 2.45) is 5.92 Å². The molecular formula is C21H34O. The van der Waals surface area contributed by atoms with Crippen molar-refractivity contribution in [1.82, 2.24) is 0 Å². The van der Waals surface area contributed by atoms with Crippen LogP contribution in [0, 0.1) is 5.92 Å². The lowest BCUT2D eigenvalue weighted by Crippen LogP contribution is -2.20. The molecule has 1 saturated heterocycles. The topological polar surface area (TPSA) is 9.23 Å². The number of hydrogen-bond donors (Lipinski definition) is 0. The van der Waals surface area contributed by atoms with Crippen LogP contribution in [0.25, 0.3) is 0 Å². The van der Waals surface area contributed by atoms with E-state index in [0.29, 0.717) is 6.10 Å². The molecular weight excluding hydrogens is 268 g/mol. The summed E-state index contributed by atoms with van der Waals surface area (Å²) in [5.41, 5.74) is 2.87. The molecule has 22 heavy (non-hydrogen) atoms. The lowest BCUT2D eigenvalue weighted by Gasteiger charge is -2.29. The smallest absolute Gasteiger partial charge is 0.0825 e. The van der Waals surface area contributed by atoms with Crippen LogP contribution >= 0.6 is 0 Å². The fourth-order valence-corrected chi connectivity index (χ4v) is 3.54. The molecule has 124 valence electrons. The van der Waals surface area contributed by atoms with Crippen LogP contribution in [0.3, 0.4) is 0 Å². The van der Waals surface area contributed by atoms with Crippen LogP contribution in [0.2, 0.25) is 0 Å². The number of ether oxygens (including phenoxy) is 1. The lowest BCUT2D eigenvalue weighted by atomic mass is 9.91. The summed E-state index contributed by atoms with van der Waals surface area (Å²) in [5.74, 6) is 0.795. The third kappa shape index (κ3) is 5.76. The van der Waals surface area contributed by atoms with Gasteiger partial charge in [-0.05, 0) is 49.1 Å². The molecule has 0 aliphatic carbocycles. The predicted molar refractivity (Wildman–Crippen MR) is 95.2 cm³/mol. The normalized spacial score (nSPS) is 21.9. The highest BCUT2D eigenvalue weighted by Crippen LogP contribution is 2.32. The van der Waals surface area contributed by atoms with E-state index in [1.54, 1.807) is 0 Å². The number of unbranched alkanes of at least 4 members (excludes halogenated alkanes) is 4. The van der Waals surface area contributed by atoms with Gasteiger partial charge in [0.2, 0.25) is 0 Å². The van der Waals surface area contributed by atoms with Gasteiger partial charge in [-0.3, -0.25) is 0 Å². The Kier molecular flexibility index (Phi) is 8.01. The Morgan fingerprint density at radius 2 is 1.68 bits per heavy atom. The van der Waals surface area contributed by atoms with Gasteiger partial charge in [0, 0.05) is 0 Å². The number of hydrogen-bond acceptors (Lipinski definition) is 1. The maximum Gasteiger partial charge on any atom is 0.0825 e. The van der Waals surface area contributed by atoms with Crippen molar-refractivity contribution in [3.63, 3.8) is 0 Å². The monoisotopic (exact) mass is 302 g/mol. The van der Waals surface area contributed by atoms with Gasteiger partial charge in [0.25, 0.3) is 0 Å². The summed E-state index contributed by atoms with van der Waals surface area (Å²) in [5, 5.41) is 0. The molecule has 2 atom stereocenters. The van der Waals surface area contributed by atoms with Gasteiger partial charge >= 0.3 is 0 Å². The highest BCUT2D eigenvalue weighted by atomic mass is 16.5. The first-order chi connectivity index (χ1) is 10.8. The van der Waals surface area contributed by atoms with Crippen molar-refractivity contribution >= 4 is 0 Å². The molecule has 0 bridgehead atoms. The molecule has 0 radical (unpaired) electrons. The van der Waals surface area contributed by atoms with Crippen LogP contribution in [-0.2, 0) is 11.2 Å². The molecule has 2 rings (SSSR count). The van der Waals surface area contributed by atoms with Crippen LogP contribution in [0.1, 0.15) is 88.9 Å². The number of aryl methyl sites for hydroxylation is 1. The molecule has 0 amide bonds. The molecule has 1 nitrogen and oxygen atoms in total. The third-order valence-corrected chi connectivity index (χ3v) is 4.99. The molecule has 1 aromatic carbocycles. The van der Waals surface area contributed by atoms with E-state index < -0.39 is 0 Å². The summed E-state index contributed by atoms with van der Waals surface area (Å²) in [6, 6.07) is 9.23. The Morgan fingerprint density at radius 1 is 0.909 bits per heavy atom. The average molecular weight is 303 g/mol. The fraction of sp³-hybridized carbons (Fsp3) is 0.714. The van der Waals surface area contributed by atoms with Crippen LogP contribution in [0.15, 0.2) is 24.3 Å². The van der Waals surface area contributed by atoms with E-state index in [4.69, 9.17) is 4.74 Å². The summed E-state index contributed by atoms with van der Waals surface area (Å²) >= 11 is 0. The Bertz CT molecular complexity index is 387. The minimum Gasteiger partial charge on any atom is -0.373 e. The van der Waals surface area contributed by atoms with Gasteiger partial charge in [-0.2, -0.15) is 0 Å². The third-order valence-electron chi connectivity index (χ3n) is 4.99. The van der Waals surface area contributed by atoms with Gasteiger partial charge < -0.3 is 4.74 Å². The first-order valence-electron chi connectivity index (χ1n) is 9.54. The summed E-state index contributed by atoms with van der Waals surface area (Å²) in [4.78, 5) is 0. The Morgan fingerprint density at radius 3 is 2.32 bits per heavy atom. The highest BCUT2D eigenvalue weighted by molar-refractivity contribution is 5.24. The van der Waals surface area contributed by atoms with Crippen LogP contribution in [0.4, 0.5) is 0 Å². The van der Waals surface area contributed by atoms with Crippen molar-refractivity contribution in [2.45, 2.75) is 84.2 Å². The van der Waals surface area contributed by atoms with Crippen LogP contribution in [-0.4, -0.2) is 6.61 Å². The van der Waals surface area contributed by atoms with E-state index in [1.165, 1.54) is 75.3 Å². The van der Waals surface area contributed by atoms with Gasteiger partial charge in [-0.1, -0.05) is 70.2 Å². The minimum absolute atomic E-state index is 0.340. The molecule has 2 unspecified atom stereocenters. The van der Waals surface area contributed by atoms with E-state index in [0.717, 1.165) is 12.5 Å². The fourth-order valence-electron chi connectivity index (χ4n) is 3.54. The summed E-state index contributed by atoms with van der Waals surface area (Å²) in [6.07, 6.45) is 13.5.